The van der Waals surface area contributed by atoms with Crippen LogP contribution >= 0.6 is 0 Å². The first-order valence-electron chi connectivity index (χ1n) is 15.9. The molecule has 1 unspecified atom stereocenters. The van der Waals surface area contributed by atoms with Crippen molar-refractivity contribution in [2.45, 2.75) is 62.8 Å². The van der Waals surface area contributed by atoms with Crippen LogP contribution in [0.3, 0.4) is 0 Å². The number of nitriles is 1. The van der Waals surface area contributed by atoms with Crippen molar-refractivity contribution in [3.05, 3.63) is 69.8 Å². The van der Waals surface area contributed by atoms with Crippen molar-refractivity contribution in [2.24, 2.45) is 16.7 Å². The van der Waals surface area contributed by atoms with E-state index in [1.807, 2.05) is 24.3 Å². The van der Waals surface area contributed by atoms with Gasteiger partial charge in [0.05, 0.1) is 12.6 Å². The number of rotatable bonds is 11. The molecule has 1 aliphatic carbocycles. The van der Waals surface area contributed by atoms with Gasteiger partial charge in [-0.1, -0.05) is 12.1 Å². The zero-order chi connectivity index (χ0) is 33.4. The zero-order valence-corrected chi connectivity index (χ0v) is 27.4. The first-order valence-corrected chi connectivity index (χ1v) is 15.9. The molecule has 46 heavy (non-hydrogen) atoms. The Morgan fingerprint density at radius 2 is 1.57 bits per heavy atom. The first kappa shape index (κ1) is 34.4. The fourth-order valence-electron chi connectivity index (χ4n) is 6.87. The minimum atomic E-state index is -0.599. The first-order chi connectivity index (χ1) is 22.0. The fraction of sp³-hybridized carbons (Fsp3) is 0.500. The second kappa shape index (κ2) is 15.2. The van der Waals surface area contributed by atoms with E-state index in [2.05, 4.69) is 34.2 Å². The molecule has 0 saturated carbocycles. The highest BCUT2D eigenvalue weighted by atomic mass is 16.2. The fourth-order valence-corrected chi connectivity index (χ4v) is 6.87. The molecule has 12 nitrogen and oxygen atoms in total. The molecule has 0 bridgehead atoms. The van der Waals surface area contributed by atoms with Gasteiger partial charge in [-0.3, -0.25) is 14.4 Å². The van der Waals surface area contributed by atoms with Crippen LogP contribution in [-0.2, 0) is 23.1 Å². The third-order valence-electron chi connectivity index (χ3n) is 9.18. The van der Waals surface area contributed by atoms with Crippen LogP contribution < -0.4 is 22.4 Å². The molecule has 0 aromatic heterocycles. The number of benzene rings is 2. The number of fused-ring (bicyclic) bond motifs is 2. The summed E-state index contributed by atoms with van der Waals surface area (Å²) in [5.74, 6) is 5.59. The number of hydrazone groups is 1. The Balaban J connectivity index is 1.80. The maximum absolute atomic E-state index is 13.0. The Morgan fingerprint density at radius 3 is 2.09 bits per heavy atom. The van der Waals surface area contributed by atoms with Crippen molar-refractivity contribution < 1.29 is 14.4 Å². The van der Waals surface area contributed by atoms with Crippen LogP contribution in [0.4, 0.5) is 0 Å². The number of nitrogens with one attached hydrogen (secondary N) is 2. The lowest BCUT2D eigenvalue weighted by atomic mass is 9.64. The highest BCUT2D eigenvalue weighted by Gasteiger charge is 2.39. The van der Waals surface area contributed by atoms with Crippen LogP contribution in [0.15, 0.2) is 41.5 Å². The minimum Gasteiger partial charge on any atom is -0.386 e. The van der Waals surface area contributed by atoms with E-state index in [0.29, 0.717) is 55.7 Å². The monoisotopic (exact) mass is 629 g/mol. The lowest BCUT2D eigenvalue weighted by molar-refractivity contribution is -0.130. The Labute approximate surface area is 271 Å². The van der Waals surface area contributed by atoms with E-state index >= 15 is 0 Å². The second-order valence-corrected chi connectivity index (χ2v) is 12.6. The number of amides is 3. The second-order valence-electron chi connectivity index (χ2n) is 12.6. The van der Waals surface area contributed by atoms with Gasteiger partial charge in [0.25, 0.3) is 11.8 Å². The average Bonchev–Trinajstić information content (AvgIpc) is 3.52. The SMILES string of the molecule is CN(C)C(=O)c1ccc2c(c1)CCCc1cc(C(=O)N(C)C)ccc1C2(CCNCC(=O)N1CCCC1C#N)CC/C(N)=N/NN. The maximum atomic E-state index is 13.0. The number of hydrogen-bond donors (Lipinski definition) is 4. The number of hydrogen-bond acceptors (Lipinski definition) is 8. The standard InChI is InChI=1S/C34H47N9O3/c1-41(2)32(45)25-10-12-28-23(19-25)7-5-8-24-20-26(33(46)42(3)4)11-13-29(24)34(28,15-14-30(36)39-40-37)16-17-38-22-31(44)43-18-6-9-27(43)21-35/h10-13,19-20,27,38,40H,5-9,14-18,22,37H2,1-4H3,(H2,36,39). The van der Waals surface area contributed by atoms with Crippen molar-refractivity contribution in [1.82, 2.24) is 25.6 Å². The third-order valence-corrected chi connectivity index (χ3v) is 9.18. The van der Waals surface area contributed by atoms with Crippen LogP contribution in [0.2, 0.25) is 0 Å². The normalized spacial score (nSPS) is 17.2. The molecule has 1 aliphatic heterocycles. The van der Waals surface area contributed by atoms with E-state index in [0.717, 1.165) is 47.9 Å². The summed E-state index contributed by atoms with van der Waals surface area (Å²) in [7, 11) is 6.98. The van der Waals surface area contributed by atoms with E-state index in [-0.39, 0.29) is 30.3 Å². The molecule has 0 spiro atoms. The van der Waals surface area contributed by atoms with Gasteiger partial charge in [0, 0.05) is 57.7 Å². The van der Waals surface area contributed by atoms with E-state index in [4.69, 9.17) is 11.6 Å². The van der Waals surface area contributed by atoms with E-state index in [9.17, 15) is 19.6 Å². The molecule has 1 atom stereocenters. The quantitative estimate of drug-likeness (QED) is 0.0959. The van der Waals surface area contributed by atoms with Crippen LogP contribution in [0.25, 0.3) is 0 Å². The number of amidine groups is 1. The van der Waals surface area contributed by atoms with E-state index in [1.54, 1.807) is 42.9 Å². The number of nitrogens with zero attached hydrogens (tertiary/aromatic N) is 5. The molecule has 1 fully saturated rings. The van der Waals surface area contributed by atoms with Gasteiger partial charge in [-0.25, -0.2) is 11.4 Å². The number of hydrazine groups is 1. The lowest BCUT2D eigenvalue weighted by Gasteiger charge is -2.40. The molecule has 1 heterocycles. The van der Waals surface area contributed by atoms with Gasteiger partial charge < -0.3 is 25.8 Å². The highest BCUT2D eigenvalue weighted by molar-refractivity contribution is 5.95. The summed E-state index contributed by atoms with van der Waals surface area (Å²) in [5, 5.41) is 16.8. The molecule has 1 saturated heterocycles. The number of aryl methyl sites for hydroxylation is 2. The zero-order valence-electron chi connectivity index (χ0n) is 27.4. The van der Waals surface area contributed by atoms with Gasteiger partial charge in [0.1, 0.15) is 11.9 Å². The van der Waals surface area contributed by atoms with Crippen molar-refractivity contribution in [3.8, 4) is 6.07 Å². The molecule has 0 radical (unpaired) electrons. The van der Waals surface area contributed by atoms with Gasteiger partial charge in [0.2, 0.25) is 5.91 Å². The van der Waals surface area contributed by atoms with Crippen LogP contribution in [0, 0.1) is 11.3 Å². The molecule has 6 N–H and O–H groups in total. The summed E-state index contributed by atoms with van der Waals surface area (Å²) in [4.78, 5) is 43.8. The average molecular weight is 630 g/mol. The summed E-state index contributed by atoms with van der Waals surface area (Å²) in [5.41, 5.74) is 13.6. The van der Waals surface area contributed by atoms with Crippen molar-refractivity contribution in [1.29, 1.82) is 5.26 Å². The summed E-state index contributed by atoms with van der Waals surface area (Å²) >= 11 is 0. The highest BCUT2D eigenvalue weighted by Crippen LogP contribution is 2.45. The molecule has 3 amide bonds. The Hall–Kier alpha value is -4.47. The Morgan fingerprint density at radius 1 is 0.978 bits per heavy atom. The maximum Gasteiger partial charge on any atom is 0.253 e. The van der Waals surface area contributed by atoms with Crippen molar-refractivity contribution >= 4 is 23.6 Å². The molecular weight excluding hydrogens is 582 g/mol. The number of likely N-dealkylation sites (tertiary alicyclic amines) is 1. The van der Waals surface area contributed by atoms with Gasteiger partial charge >= 0.3 is 0 Å². The van der Waals surface area contributed by atoms with Crippen molar-refractivity contribution in [3.63, 3.8) is 0 Å². The Bertz CT molecular complexity index is 1440. The van der Waals surface area contributed by atoms with Crippen molar-refractivity contribution in [2.75, 3.05) is 47.8 Å². The predicted molar refractivity (Wildman–Crippen MR) is 178 cm³/mol. The van der Waals surface area contributed by atoms with Gasteiger partial charge in [-0.05, 0) is 98.0 Å². The van der Waals surface area contributed by atoms with Crippen LogP contribution in [0.5, 0.6) is 0 Å². The van der Waals surface area contributed by atoms with Gasteiger partial charge in [-0.2, -0.15) is 10.4 Å². The molecule has 2 aliphatic rings. The predicted octanol–water partition coefficient (Wildman–Crippen LogP) is 1.87. The van der Waals surface area contributed by atoms with Crippen LogP contribution in [0.1, 0.15) is 81.5 Å². The largest absolute Gasteiger partial charge is 0.386 e. The smallest absolute Gasteiger partial charge is 0.253 e. The topological polar surface area (TPSA) is 173 Å². The summed E-state index contributed by atoms with van der Waals surface area (Å²) in [6.07, 6.45) is 5.49. The van der Waals surface area contributed by atoms with Gasteiger partial charge in [0.15, 0.2) is 0 Å². The molecule has 2 aromatic carbocycles. The minimum absolute atomic E-state index is 0.0640. The summed E-state index contributed by atoms with van der Waals surface area (Å²) < 4.78 is 0. The third kappa shape index (κ3) is 7.49. The number of nitrogens with two attached hydrogens (primary N) is 2. The van der Waals surface area contributed by atoms with E-state index in [1.165, 1.54) is 0 Å². The summed E-state index contributed by atoms with van der Waals surface area (Å²) in [6.45, 7) is 1.22. The molecule has 4 rings (SSSR count). The number of carbonyl (C=O) groups is 3. The molecule has 12 heteroatoms. The molecular formula is C34H47N9O3. The lowest BCUT2D eigenvalue weighted by Crippen LogP contribution is -2.42. The summed E-state index contributed by atoms with van der Waals surface area (Å²) in [6, 6.07) is 13.8. The number of carbonyl (C=O) groups excluding carboxylic acids is 3. The van der Waals surface area contributed by atoms with Crippen LogP contribution in [-0.4, -0.2) is 92.1 Å². The molecule has 2 aromatic rings. The Kier molecular flexibility index (Phi) is 11.4. The van der Waals surface area contributed by atoms with E-state index < -0.39 is 5.41 Å². The van der Waals surface area contributed by atoms with Gasteiger partial charge in [-0.15, -0.1) is 0 Å². The molecule has 246 valence electrons.